The summed E-state index contributed by atoms with van der Waals surface area (Å²) < 4.78 is 2.08. The van der Waals surface area contributed by atoms with Crippen molar-refractivity contribution in [2.24, 2.45) is 11.8 Å². The third kappa shape index (κ3) is 4.90. The second kappa shape index (κ2) is 9.13. The van der Waals surface area contributed by atoms with E-state index in [0.717, 1.165) is 36.2 Å². The SMILES string of the molecule is CC1CC(C)CN(C(=O)CSc2nnc(Cc3cccs3)n2-c2ccccc2)C1. The van der Waals surface area contributed by atoms with Gasteiger partial charge in [-0.1, -0.05) is 49.9 Å². The summed E-state index contributed by atoms with van der Waals surface area (Å²) in [5.74, 6) is 2.62. The van der Waals surface area contributed by atoms with Crippen LogP contribution in [0.4, 0.5) is 0 Å². The minimum absolute atomic E-state index is 0.191. The molecule has 1 saturated heterocycles. The van der Waals surface area contributed by atoms with Crippen LogP contribution in [0.15, 0.2) is 53.0 Å². The van der Waals surface area contributed by atoms with Crippen LogP contribution in [0.3, 0.4) is 0 Å². The number of carbonyl (C=O) groups is 1. The lowest BCUT2D eigenvalue weighted by Crippen LogP contribution is -2.43. The van der Waals surface area contributed by atoms with Gasteiger partial charge >= 0.3 is 0 Å². The van der Waals surface area contributed by atoms with Gasteiger partial charge in [0.25, 0.3) is 0 Å². The Hall–Kier alpha value is -2.12. The van der Waals surface area contributed by atoms with Crippen molar-refractivity contribution < 1.29 is 4.79 Å². The number of piperidine rings is 1. The second-order valence-electron chi connectivity index (χ2n) is 7.86. The Morgan fingerprint density at radius 3 is 2.55 bits per heavy atom. The highest BCUT2D eigenvalue weighted by Crippen LogP contribution is 2.26. The van der Waals surface area contributed by atoms with E-state index in [-0.39, 0.29) is 5.91 Å². The van der Waals surface area contributed by atoms with Crippen molar-refractivity contribution in [3.63, 3.8) is 0 Å². The normalized spacial score (nSPS) is 19.4. The van der Waals surface area contributed by atoms with Crippen molar-refractivity contribution in [3.05, 3.63) is 58.5 Å². The molecule has 5 nitrogen and oxygen atoms in total. The molecule has 1 aliphatic heterocycles. The van der Waals surface area contributed by atoms with Crippen LogP contribution in [0.25, 0.3) is 5.69 Å². The zero-order valence-electron chi connectivity index (χ0n) is 16.8. The van der Waals surface area contributed by atoms with E-state index >= 15 is 0 Å². The first-order valence-corrected chi connectivity index (χ1v) is 11.9. The maximum atomic E-state index is 12.8. The van der Waals surface area contributed by atoms with Gasteiger partial charge in [-0.25, -0.2) is 0 Å². The highest BCUT2D eigenvalue weighted by atomic mass is 32.2. The zero-order chi connectivity index (χ0) is 20.2. The van der Waals surface area contributed by atoms with E-state index in [1.54, 1.807) is 11.3 Å². The number of hydrogen-bond donors (Lipinski definition) is 0. The number of aromatic nitrogens is 3. The molecule has 2 unspecified atom stereocenters. The zero-order valence-corrected chi connectivity index (χ0v) is 18.5. The fourth-order valence-electron chi connectivity index (χ4n) is 4.00. The number of amides is 1. The van der Waals surface area contributed by atoms with Crippen LogP contribution in [0.1, 0.15) is 31.0 Å². The van der Waals surface area contributed by atoms with Crippen molar-refractivity contribution in [1.29, 1.82) is 0 Å². The molecule has 0 spiro atoms. The van der Waals surface area contributed by atoms with Gasteiger partial charge < -0.3 is 4.90 Å². The van der Waals surface area contributed by atoms with Gasteiger partial charge in [-0.3, -0.25) is 9.36 Å². The molecule has 1 aliphatic rings. The van der Waals surface area contributed by atoms with Crippen LogP contribution in [0, 0.1) is 11.8 Å². The van der Waals surface area contributed by atoms with Crippen molar-refractivity contribution in [1.82, 2.24) is 19.7 Å². The van der Waals surface area contributed by atoms with Crippen molar-refractivity contribution in [2.45, 2.75) is 31.8 Å². The summed E-state index contributed by atoms with van der Waals surface area (Å²) in [5, 5.41) is 11.7. The molecule has 2 aromatic heterocycles. The maximum absolute atomic E-state index is 12.8. The summed E-state index contributed by atoms with van der Waals surface area (Å²) in [4.78, 5) is 16.1. The fraction of sp³-hybridized carbons (Fsp3) is 0.409. The molecule has 1 fully saturated rings. The lowest BCUT2D eigenvalue weighted by molar-refractivity contribution is -0.130. The average molecular weight is 427 g/mol. The minimum atomic E-state index is 0.191. The van der Waals surface area contributed by atoms with Gasteiger partial charge in [0.05, 0.1) is 5.75 Å². The number of hydrogen-bond acceptors (Lipinski definition) is 5. The summed E-state index contributed by atoms with van der Waals surface area (Å²) in [5.41, 5.74) is 1.03. The van der Waals surface area contributed by atoms with Gasteiger partial charge in [0.15, 0.2) is 5.16 Å². The molecule has 0 radical (unpaired) electrons. The number of carbonyl (C=O) groups excluding carboxylic acids is 1. The number of rotatable bonds is 6. The van der Waals surface area contributed by atoms with Gasteiger partial charge in [0.1, 0.15) is 5.82 Å². The molecule has 29 heavy (non-hydrogen) atoms. The molecule has 3 aromatic rings. The Morgan fingerprint density at radius 1 is 1.10 bits per heavy atom. The van der Waals surface area contributed by atoms with E-state index < -0.39 is 0 Å². The Morgan fingerprint density at radius 2 is 1.86 bits per heavy atom. The molecule has 1 amide bonds. The average Bonchev–Trinajstić information content (AvgIpc) is 3.36. The standard InChI is InChI=1S/C22H26N4OS2/c1-16-11-17(2)14-25(13-16)21(27)15-29-22-24-23-20(12-19-9-6-10-28-19)26(22)18-7-4-3-5-8-18/h3-10,16-17H,11-15H2,1-2H3. The smallest absolute Gasteiger partial charge is 0.233 e. The highest BCUT2D eigenvalue weighted by Gasteiger charge is 2.26. The fourth-order valence-corrected chi connectivity index (χ4v) is 5.57. The number of thiophene rings is 1. The molecule has 7 heteroatoms. The number of likely N-dealkylation sites (tertiary alicyclic amines) is 1. The van der Waals surface area contributed by atoms with E-state index in [4.69, 9.17) is 0 Å². The first kappa shape index (κ1) is 20.2. The summed E-state index contributed by atoms with van der Waals surface area (Å²) in [6, 6.07) is 14.3. The Bertz CT molecular complexity index is 929. The molecular weight excluding hydrogens is 400 g/mol. The Balaban J connectivity index is 1.52. The lowest BCUT2D eigenvalue weighted by Gasteiger charge is -2.34. The Labute approximate surface area is 180 Å². The molecule has 2 atom stereocenters. The highest BCUT2D eigenvalue weighted by molar-refractivity contribution is 7.99. The topological polar surface area (TPSA) is 51.0 Å². The van der Waals surface area contributed by atoms with Crippen LogP contribution in [0.5, 0.6) is 0 Å². The van der Waals surface area contributed by atoms with E-state index in [1.807, 2.05) is 23.1 Å². The molecule has 0 N–H and O–H groups in total. The van der Waals surface area contributed by atoms with Gasteiger partial charge in [0.2, 0.25) is 5.91 Å². The summed E-state index contributed by atoms with van der Waals surface area (Å²) in [6.07, 6.45) is 1.93. The number of para-hydroxylation sites is 1. The maximum Gasteiger partial charge on any atom is 0.233 e. The summed E-state index contributed by atoms with van der Waals surface area (Å²) >= 11 is 3.20. The molecule has 4 rings (SSSR count). The van der Waals surface area contributed by atoms with E-state index in [1.165, 1.54) is 23.1 Å². The summed E-state index contributed by atoms with van der Waals surface area (Å²) in [6.45, 7) is 6.18. The first-order chi connectivity index (χ1) is 14.1. The molecule has 0 aliphatic carbocycles. The van der Waals surface area contributed by atoms with Crippen LogP contribution in [0.2, 0.25) is 0 Å². The molecule has 3 heterocycles. The van der Waals surface area contributed by atoms with E-state index in [0.29, 0.717) is 17.6 Å². The minimum Gasteiger partial charge on any atom is -0.341 e. The van der Waals surface area contributed by atoms with Crippen molar-refractivity contribution in [2.75, 3.05) is 18.8 Å². The molecule has 0 bridgehead atoms. The number of benzene rings is 1. The van der Waals surface area contributed by atoms with Crippen LogP contribution >= 0.6 is 23.1 Å². The predicted octanol–water partition coefficient (Wildman–Crippen LogP) is 4.52. The van der Waals surface area contributed by atoms with Gasteiger partial charge in [0, 0.05) is 30.1 Å². The second-order valence-corrected chi connectivity index (χ2v) is 9.83. The van der Waals surface area contributed by atoms with Gasteiger partial charge in [-0.05, 0) is 41.8 Å². The predicted molar refractivity (Wildman–Crippen MR) is 119 cm³/mol. The van der Waals surface area contributed by atoms with Crippen molar-refractivity contribution >= 4 is 29.0 Å². The monoisotopic (exact) mass is 426 g/mol. The van der Waals surface area contributed by atoms with Crippen molar-refractivity contribution in [3.8, 4) is 5.69 Å². The lowest BCUT2D eigenvalue weighted by atomic mass is 9.92. The molecule has 1 aromatic carbocycles. The van der Waals surface area contributed by atoms with Gasteiger partial charge in [-0.2, -0.15) is 0 Å². The van der Waals surface area contributed by atoms with Crippen LogP contribution in [-0.4, -0.2) is 44.4 Å². The molecule has 152 valence electrons. The third-order valence-corrected chi connectivity index (χ3v) is 6.96. The molecular formula is C22H26N4OS2. The quantitative estimate of drug-likeness (QED) is 0.544. The van der Waals surface area contributed by atoms with E-state index in [2.05, 4.69) is 58.3 Å². The number of thioether (sulfide) groups is 1. The third-order valence-electron chi connectivity index (χ3n) is 5.17. The largest absolute Gasteiger partial charge is 0.341 e. The van der Waals surface area contributed by atoms with E-state index in [9.17, 15) is 4.79 Å². The molecule has 0 saturated carbocycles. The number of nitrogens with zero attached hydrogens (tertiary/aromatic N) is 4. The first-order valence-electron chi connectivity index (χ1n) is 10.0. The van der Waals surface area contributed by atoms with Gasteiger partial charge in [-0.15, -0.1) is 21.5 Å². The van der Waals surface area contributed by atoms with Crippen LogP contribution < -0.4 is 0 Å². The van der Waals surface area contributed by atoms with Crippen LogP contribution in [-0.2, 0) is 11.2 Å². The Kier molecular flexibility index (Phi) is 6.35. The summed E-state index contributed by atoms with van der Waals surface area (Å²) in [7, 11) is 0.